The number of carboxylic acid groups (broad SMARTS) is 1. The molecule has 1 fully saturated rings. The normalized spacial score (nSPS) is 21.3. The van der Waals surface area contributed by atoms with Crippen molar-refractivity contribution in [1.82, 2.24) is 4.98 Å². The molecule has 0 bridgehead atoms. The highest BCUT2D eigenvalue weighted by atomic mass is 16.7. The molecule has 1 aliphatic heterocycles. The average molecular weight is 426 g/mol. The maximum atomic E-state index is 10.6. The molecular formula is C25H31NO5. The Balaban J connectivity index is 1.64. The number of aromatic nitrogens is 1. The van der Waals surface area contributed by atoms with Gasteiger partial charge < -0.3 is 19.3 Å². The van der Waals surface area contributed by atoms with Gasteiger partial charge in [0, 0.05) is 36.7 Å². The zero-order valence-corrected chi connectivity index (χ0v) is 18.0. The zero-order valence-electron chi connectivity index (χ0n) is 18.0. The van der Waals surface area contributed by atoms with Crippen LogP contribution in [0.3, 0.4) is 0 Å². The lowest BCUT2D eigenvalue weighted by Crippen LogP contribution is -2.35. The first-order chi connectivity index (χ1) is 15.2. The Hall–Kier alpha value is -2.70. The van der Waals surface area contributed by atoms with E-state index in [4.69, 9.17) is 19.3 Å². The van der Waals surface area contributed by atoms with Crippen LogP contribution in [-0.2, 0) is 20.7 Å². The summed E-state index contributed by atoms with van der Waals surface area (Å²) in [6.45, 7) is 0.600. The van der Waals surface area contributed by atoms with E-state index in [2.05, 4.69) is 23.2 Å². The SMILES string of the molecule is COc1ccccc1C1OC(CCc2ccncc2)OCC1C/C=C\CCCC(=O)O. The second-order valence-electron chi connectivity index (χ2n) is 7.71. The van der Waals surface area contributed by atoms with Crippen LogP contribution < -0.4 is 4.74 Å². The number of ether oxygens (including phenoxy) is 3. The third kappa shape index (κ3) is 7.19. The molecule has 1 aliphatic rings. The number of nitrogens with zero attached hydrogens (tertiary/aromatic N) is 1. The fraction of sp³-hybridized carbons (Fsp3) is 0.440. The van der Waals surface area contributed by atoms with Gasteiger partial charge in [0.1, 0.15) is 5.75 Å². The molecule has 166 valence electrons. The predicted molar refractivity (Wildman–Crippen MR) is 118 cm³/mol. The minimum atomic E-state index is -0.753. The summed E-state index contributed by atoms with van der Waals surface area (Å²) in [4.78, 5) is 14.7. The molecule has 1 saturated heterocycles. The van der Waals surface area contributed by atoms with Gasteiger partial charge in [-0.05, 0) is 49.4 Å². The van der Waals surface area contributed by atoms with Crippen LogP contribution >= 0.6 is 0 Å². The molecule has 0 radical (unpaired) electrons. The van der Waals surface area contributed by atoms with Crippen LogP contribution in [0.5, 0.6) is 5.75 Å². The Labute approximate surface area is 183 Å². The van der Waals surface area contributed by atoms with Crippen LogP contribution in [-0.4, -0.2) is 36.1 Å². The Kier molecular flexibility index (Phi) is 9.06. The Morgan fingerprint density at radius 3 is 2.81 bits per heavy atom. The van der Waals surface area contributed by atoms with Crippen molar-refractivity contribution in [2.75, 3.05) is 13.7 Å². The first-order valence-electron chi connectivity index (χ1n) is 10.8. The molecule has 0 aliphatic carbocycles. The van der Waals surface area contributed by atoms with Crippen molar-refractivity contribution in [3.05, 3.63) is 72.1 Å². The van der Waals surface area contributed by atoms with E-state index in [9.17, 15) is 4.79 Å². The number of carboxylic acids is 1. The molecule has 1 N–H and O–H groups in total. The molecule has 0 spiro atoms. The summed E-state index contributed by atoms with van der Waals surface area (Å²) >= 11 is 0. The smallest absolute Gasteiger partial charge is 0.303 e. The number of hydrogen-bond acceptors (Lipinski definition) is 5. The lowest BCUT2D eigenvalue weighted by molar-refractivity contribution is -0.240. The van der Waals surface area contributed by atoms with Crippen LogP contribution in [0.1, 0.15) is 49.3 Å². The molecular weight excluding hydrogens is 394 g/mol. The number of rotatable bonds is 11. The van der Waals surface area contributed by atoms with Crippen molar-refractivity contribution in [3.63, 3.8) is 0 Å². The first-order valence-corrected chi connectivity index (χ1v) is 10.8. The monoisotopic (exact) mass is 425 g/mol. The van der Waals surface area contributed by atoms with Gasteiger partial charge in [-0.25, -0.2) is 0 Å². The number of aryl methyl sites for hydroxylation is 1. The van der Waals surface area contributed by atoms with E-state index in [1.807, 2.05) is 30.3 Å². The summed E-state index contributed by atoms with van der Waals surface area (Å²) in [6, 6.07) is 12.0. The number of pyridine rings is 1. The predicted octanol–water partition coefficient (Wildman–Crippen LogP) is 4.95. The second kappa shape index (κ2) is 12.2. The summed E-state index contributed by atoms with van der Waals surface area (Å²) in [5.41, 5.74) is 2.24. The molecule has 0 saturated carbocycles. The van der Waals surface area contributed by atoms with Crippen LogP contribution in [0, 0.1) is 5.92 Å². The van der Waals surface area contributed by atoms with Crippen LogP contribution in [0.4, 0.5) is 0 Å². The summed E-state index contributed by atoms with van der Waals surface area (Å²) in [6.07, 6.45) is 11.4. The molecule has 0 amide bonds. The van der Waals surface area contributed by atoms with Gasteiger partial charge in [0.2, 0.25) is 0 Å². The highest BCUT2D eigenvalue weighted by Crippen LogP contribution is 2.39. The largest absolute Gasteiger partial charge is 0.496 e. The third-order valence-corrected chi connectivity index (χ3v) is 5.45. The Bertz CT molecular complexity index is 839. The highest BCUT2D eigenvalue weighted by Gasteiger charge is 2.33. The number of carbonyl (C=O) groups is 1. The maximum Gasteiger partial charge on any atom is 0.303 e. The van der Waals surface area contributed by atoms with Crippen LogP contribution in [0.2, 0.25) is 0 Å². The van der Waals surface area contributed by atoms with E-state index in [1.54, 1.807) is 19.5 Å². The maximum absolute atomic E-state index is 10.6. The number of methoxy groups -OCH3 is 1. The molecule has 6 heteroatoms. The molecule has 2 heterocycles. The van der Waals surface area contributed by atoms with Crippen molar-refractivity contribution >= 4 is 5.97 Å². The fourth-order valence-electron chi connectivity index (χ4n) is 3.80. The third-order valence-electron chi connectivity index (χ3n) is 5.45. The van der Waals surface area contributed by atoms with Gasteiger partial charge in [-0.1, -0.05) is 30.4 Å². The zero-order chi connectivity index (χ0) is 21.9. The summed E-state index contributed by atoms with van der Waals surface area (Å²) in [5, 5.41) is 8.75. The lowest BCUT2D eigenvalue weighted by Gasteiger charge is -2.37. The molecule has 3 rings (SSSR count). The molecule has 2 aromatic rings. The van der Waals surface area contributed by atoms with Gasteiger partial charge in [0.25, 0.3) is 0 Å². The van der Waals surface area contributed by atoms with E-state index in [-0.39, 0.29) is 24.7 Å². The van der Waals surface area contributed by atoms with Gasteiger partial charge in [-0.15, -0.1) is 0 Å². The number of aliphatic carboxylic acids is 1. The molecule has 3 atom stereocenters. The highest BCUT2D eigenvalue weighted by molar-refractivity contribution is 5.66. The van der Waals surface area contributed by atoms with Crippen LogP contribution in [0.15, 0.2) is 60.9 Å². The number of hydrogen-bond donors (Lipinski definition) is 1. The molecule has 31 heavy (non-hydrogen) atoms. The number of benzene rings is 1. The minimum absolute atomic E-state index is 0.129. The van der Waals surface area contributed by atoms with E-state index in [0.717, 1.165) is 37.0 Å². The van der Waals surface area contributed by atoms with Crippen molar-refractivity contribution in [2.24, 2.45) is 5.92 Å². The van der Waals surface area contributed by atoms with Crippen molar-refractivity contribution in [2.45, 2.75) is 50.9 Å². The second-order valence-corrected chi connectivity index (χ2v) is 7.71. The van der Waals surface area contributed by atoms with E-state index in [1.165, 1.54) is 5.56 Å². The molecule has 6 nitrogen and oxygen atoms in total. The first kappa shape index (κ1) is 23.0. The lowest BCUT2D eigenvalue weighted by atomic mass is 9.91. The molecule has 1 aromatic heterocycles. The summed E-state index contributed by atoms with van der Waals surface area (Å²) < 4.78 is 18.1. The fourth-order valence-corrected chi connectivity index (χ4v) is 3.80. The van der Waals surface area contributed by atoms with Crippen molar-refractivity contribution < 1.29 is 24.1 Å². The van der Waals surface area contributed by atoms with Gasteiger partial charge in [0.05, 0.1) is 19.8 Å². The molecule has 3 unspecified atom stereocenters. The molecule has 1 aromatic carbocycles. The number of allylic oxidation sites excluding steroid dienone is 2. The van der Waals surface area contributed by atoms with Crippen molar-refractivity contribution in [1.29, 1.82) is 0 Å². The standard InChI is InChI=1S/C25H31NO5/c1-29-22-10-7-6-9-21(22)25-20(8-4-2-3-5-11-23(27)28)18-30-24(31-25)13-12-19-14-16-26-17-15-19/h2,4,6-7,9-10,14-17,20,24-25H,3,5,8,11-13,18H2,1H3,(H,27,28)/b4-2-. The quantitative estimate of drug-likeness (QED) is 0.405. The summed E-state index contributed by atoms with van der Waals surface area (Å²) in [5.74, 6) is 0.221. The number of unbranched alkanes of at least 4 members (excludes halogenated alkanes) is 1. The average Bonchev–Trinajstić information content (AvgIpc) is 2.80. The van der Waals surface area contributed by atoms with E-state index < -0.39 is 5.97 Å². The van der Waals surface area contributed by atoms with Gasteiger partial charge in [0.15, 0.2) is 6.29 Å². The van der Waals surface area contributed by atoms with Gasteiger partial charge >= 0.3 is 5.97 Å². The van der Waals surface area contributed by atoms with E-state index in [0.29, 0.717) is 13.0 Å². The summed E-state index contributed by atoms with van der Waals surface area (Å²) in [7, 11) is 1.68. The Morgan fingerprint density at radius 2 is 2.03 bits per heavy atom. The topological polar surface area (TPSA) is 77.9 Å². The van der Waals surface area contributed by atoms with Crippen molar-refractivity contribution in [3.8, 4) is 5.75 Å². The van der Waals surface area contributed by atoms with Crippen LogP contribution in [0.25, 0.3) is 0 Å². The Morgan fingerprint density at radius 1 is 1.23 bits per heavy atom. The number of para-hydroxylation sites is 1. The van der Waals surface area contributed by atoms with Gasteiger partial charge in [-0.3, -0.25) is 9.78 Å². The van der Waals surface area contributed by atoms with Gasteiger partial charge in [-0.2, -0.15) is 0 Å². The minimum Gasteiger partial charge on any atom is -0.496 e. The van der Waals surface area contributed by atoms with E-state index >= 15 is 0 Å².